The minimum Gasteiger partial charge on any atom is -0.359 e. The monoisotopic (exact) mass is 224 g/mol. The first-order valence-corrected chi connectivity index (χ1v) is 5.15. The van der Waals surface area contributed by atoms with Gasteiger partial charge in [-0.1, -0.05) is 0 Å². The topological polar surface area (TPSA) is 47.3 Å². The molecule has 0 bridgehead atoms. The van der Waals surface area contributed by atoms with Crippen LogP contribution in [0.4, 0.5) is 13.2 Å². The van der Waals surface area contributed by atoms with Crippen molar-refractivity contribution >= 4 is 0 Å². The summed E-state index contributed by atoms with van der Waals surface area (Å²) in [5.74, 6) is 0. The second-order valence-electron chi connectivity index (χ2n) is 4.38. The summed E-state index contributed by atoms with van der Waals surface area (Å²) in [5.41, 5.74) is 4.93. The van der Waals surface area contributed by atoms with Crippen molar-refractivity contribution in [1.29, 1.82) is 0 Å². The van der Waals surface area contributed by atoms with Crippen molar-refractivity contribution in [2.75, 3.05) is 6.61 Å². The molecule has 0 unspecified atom stereocenters. The number of hydrogen-bond donors (Lipinski definition) is 2. The molecule has 0 amide bonds. The molecule has 1 aliphatic carbocycles. The van der Waals surface area contributed by atoms with Gasteiger partial charge in [-0.3, -0.25) is 5.32 Å². The average Bonchev–Trinajstić information content (AvgIpc) is 2.55. The fourth-order valence-electron chi connectivity index (χ4n) is 2.22. The normalized spacial score (nSPS) is 42.4. The van der Waals surface area contributed by atoms with Gasteiger partial charge in [-0.25, -0.2) is 0 Å². The summed E-state index contributed by atoms with van der Waals surface area (Å²) in [6.45, 7) is -0.279. The van der Waals surface area contributed by atoms with Gasteiger partial charge in [-0.05, 0) is 25.7 Å². The standard InChI is InChI=1S/C9H15F3N2O/c10-9(11,12)7-5-15-8(14-7)3-1-6(13)2-4-8/h6-7,14H,1-5,13H2/t6?,7-,8?/m0/s1. The van der Waals surface area contributed by atoms with E-state index in [0.29, 0.717) is 12.8 Å². The van der Waals surface area contributed by atoms with Crippen LogP contribution >= 0.6 is 0 Å². The molecule has 1 saturated heterocycles. The fraction of sp³-hybridized carbons (Fsp3) is 1.00. The minimum absolute atomic E-state index is 0.103. The molecule has 1 spiro atoms. The van der Waals surface area contributed by atoms with Gasteiger partial charge in [-0.2, -0.15) is 13.2 Å². The molecule has 2 fully saturated rings. The Balaban J connectivity index is 1.97. The van der Waals surface area contributed by atoms with Gasteiger partial charge in [-0.15, -0.1) is 0 Å². The van der Waals surface area contributed by atoms with E-state index in [-0.39, 0.29) is 12.6 Å². The SMILES string of the molecule is NC1CCC2(CC1)N[C@H](C(F)(F)F)CO2. The lowest BCUT2D eigenvalue weighted by molar-refractivity contribution is -0.152. The number of nitrogens with two attached hydrogens (primary N) is 1. The molecule has 1 atom stereocenters. The Morgan fingerprint density at radius 2 is 1.87 bits per heavy atom. The molecular formula is C9H15F3N2O. The summed E-state index contributed by atoms with van der Waals surface area (Å²) in [5, 5.41) is 2.56. The summed E-state index contributed by atoms with van der Waals surface area (Å²) in [7, 11) is 0. The van der Waals surface area contributed by atoms with Crippen molar-refractivity contribution in [1.82, 2.24) is 5.32 Å². The summed E-state index contributed by atoms with van der Waals surface area (Å²) in [4.78, 5) is 0. The van der Waals surface area contributed by atoms with Gasteiger partial charge in [0.1, 0.15) is 11.8 Å². The van der Waals surface area contributed by atoms with Crippen molar-refractivity contribution in [3.63, 3.8) is 0 Å². The molecule has 1 aliphatic heterocycles. The van der Waals surface area contributed by atoms with E-state index in [1.165, 1.54) is 0 Å². The molecule has 0 radical (unpaired) electrons. The summed E-state index contributed by atoms with van der Waals surface area (Å²) < 4.78 is 42.5. The maximum Gasteiger partial charge on any atom is 0.406 e. The van der Waals surface area contributed by atoms with Crippen molar-refractivity contribution in [2.45, 2.75) is 49.7 Å². The van der Waals surface area contributed by atoms with Crippen LogP contribution in [0.5, 0.6) is 0 Å². The molecule has 1 heterocycles. The van der Waals surface area contributed by atoms with Crippen LogP contribution < -0.4 is 11.1 Å². The molecule has 3 nitrogen and oxygen atoms in total. The number of ether oxygens (including phenoxy) is 1. The van der Waals surface area contributed by atoms with E-state index in [2.05, 4.69) is 5.32 Å². The first-order chi connectivity index (χ1) is 6.91. The predicted molar refractivity (Wildman–Crippen MR) is 48.1 cm³/mol. The van der Waals surface area contributed by atoms with E-state index in [9.17, 15) is 13.2 Å². The Hall–Kier alpha value is -0.330. The Kier molecular flexibility index (Phi) is 2.68. The first kappa shape index (κ1) is 11.2. The Labute approximate surface area is 86.1 Å². The number of alkyl halides is 3. The molecule has 88 valence electrons. The molecule has 2 rings (SSSR count). The third-order valence-electron chi connectivity index (χ3n) is 3.20. The van der Waals surface area contributed by atoms with Gasteiger partial charge in [0.25, 0.3) is 0 Å². The van der Waals surface area contributed by atoms with Crippen LogP contribution in [0.15, 0.2) is 0 Å². The average molecular weight is 224 g/mol. The number of hydrogen-bond acceptors (Lipinski definition) is 3. The van der Waals surface area contributed by atoms with Gasteiger partial charge < -0.3 is 10.5 Å². The van der Waals surface area contributed by atoms with E-state index >= 15 is 0 Å². The molecule has 2 aliphatic rings. The lowest BCUT2D eigenvalue weighted by Gasteiger charge is -2.35. The molecule has 3 N–H and O–H groups in total. The summed E-state index contributed by atoms with van der Waals surface area (Å²) in [6.07, 6.45) is -1.64. The highest BCUT2D eigenvalue weighted by atomic mass is 19.4. The van der Waals surface area contributed by atoms with E-state index in [4.69, 9.17) is 10.5 Å². The van der Waals surface area contributed by atoms with Crippen molar-refractivity contribution in [3.05, 3.63) is 0 Å². The van der Waals surface area contributed by atoms with Crippen LogP contribution in [0.1, 0.15) is 25.7 Å². The van der Waals surface area contributed by atoms with Gasteiger partial charge >= 0.3 is 6.18 Å². The Bertz CT molecular complexity index is 236. The van der Waals surface area contributed by atoms with Crippen molar-refractivity contribution in [2.24, 2.45) is 5.73 Å². The largest absolute Gasteiger partial charge is 0.406 e. The number of halogens is 3. The van der Waals surface area contributed by atoms with Crippen molar-refractivity contribution < 1.29 is 17.9 Å². The first-order valence-electron chi connectivity index (χ1n) is 5.15. The highest BCUT2D eigenvalue weighted by Gasteiger charge is 2.51. The Morgan fingerprint density at radius 1 is 1.27 bits per heavy atom. The van der Waals surface area contributed by atoms with Crippen LogP contribution in [0, 0.1) is 0 Å². The summed E-state index contributed by atoms with van der Waals surface area (Å²) >= 11 is 0. The lowest BCUT2D eigenvalue weighted by Crippen LogP contribution is -2.52. The Morgan fingerprint density at radius 3 is 2.33 bits per heavy atom. The van der Waals surface area contributed by atoms with E-state index in [1.54, 1.807) is 0 Å². The zero-order chi connectivity index (χ0) is 11.1. The van der Waals surface area contributed by atoms with Crippen LogP contribution in [-0.4, -0.2) is 30.6 Å². The van der Waals surface area contributed by atoms with Gasteiger partial charge in [0.15, 0.2) is 0 Å². The highest BCUT2D eigenvalue weighted by Crippen LogP contribution is 2.36. The highest BCUT2D eigenvalue weighted by molar-refractivity contribution is 4.95. The second kappa shape index (κ2) is 3.61. The molecular weight excluding hydrogens is 209 g/mol. The smallest absolute Gasteiger partial charge is 0.359 e. The van der Waals surface area contributed by atoms with Gasteiger partial charge in [0, 0.05) is 6.04 Å². The van der Waals surface area contributed by atoms with Gasteiger partial charge in [0.2, 0.25) is 0 Å². The van der Waals surface area contributed by atoms with Crippen LogP contribution in [0.25, 0.3) is 0 Å². The second-order valence-corrected chi connectivity index (χ2v) is 4.38. The predicted octanol–water partition coefficient (Wildman–Crippen LogP) is 1.13. The zero-order valence-corrected chi connectivity index (χ0v) is 8.31. The zero-order valence-electron chi connectivity index (χ0n) is 8.31. The number of rotatable bonds is 0. The maximum absolute atomic E-state index is 12.4. The lowest BCUT2D eigenvalue weighted by atomic mass is 9.88. The molecule has 1 saturated carbocycles. The quantitative estimate of drug-likeness (QED) is 0.648. The fourth-order valence-corrected chi connectivity index (χ4v) is 2.22. The molecule has 0 aromatic heterocycles. The molecule has 6 heteroatoms. The van der Waals surface area contributed by atoms with Crippen LogP contribution in [0.2, 0.25) is 0 Å². The minimum atomic E-state index is -4.22. The van der Waals surface area contributed by atoms with Crippen LogP contribution in [0.3, 0.4) is 0 Å². The molecule has 0 aromatic carbocycles. The van der Waals surface area contributed by atoms with Gasteiger partial charge in [0.05, 0.1) is 6.61 Å². The van der Waals surface area contributed by atoms with E-state index in [0.717, 1.165) is 12.8 Å². The number of nitrogens with one attached hydrogen (secondary N) is 1. The van der Waals surface area contributed by atoms with Crippen LogP contribution in [-0.2, 0) is 4.74 Å². The third kappa shape index (κ3) is 2.26. The molecule has 15 heavy (non-hydrogen) atoms. The summed E-state index contributed by atoms with van der Waals surface area (Å²) in [6, 6.07) is -1.42. The van der Waals surface area contributed by atoms with E-state index in [1.807, 2.05) is 0 Å². The third-order valence-corrected chi connectivity index (χ3v) is 3.20. The van der Waals surface area contributed by atoms with Crippen molar-refractivity contribution in [3.8, 4) is 0 Å². The van der Waals surface area contributed by atoms with E-state index < -0.39 is 17.9 Å². The molecule has 0 aromatic rings. The maximum atomic E-state index is 12.4.